The second-order valence-corrected chi connectivity index (χ2v) is 13.6. The van der Waals surface area contributed by atoms with Crippen LogP contribution in [0.5, 0.6) is 5.75 Å². The van der Waals surface area contributed by atoms with Crippen LogP contribution in [0.25, 0.3) is 11.1 Å². The Labute approximate surface area is 246 Å². The lowest BCUT2D eigenvalue weighted by atomic mass is 9.98. The van der Waals surface area contributed by atoms with Crippen LogP contribution in [0.4, 0.5) is 4.79 Å². The molecule has 1 aliphatic carbocycles. The molecule has 3 aromatic carbocycles. The summed E-state index contributed by atoms with van der Waals surface area (Å²) in [5, 5.41) is 12.2. The summed E-state index contributed by atoms with van der Waals surface area (Å²) in [4.78, 5) is 24.7. The number of phosphoric ester groups is 1. The van der Waals surface area contributed by atoms with E-state index in [-0.39, 0.29) is 24.7 Å². The molecule has 1 amide bonds. The maximum absolute atomic E-state index is 13.4. The number of phosphoric acid groups is 1. The maximum Gasteiger partial charge on any atom is 0.531 e. The van der Waals surface area contributed by atoms with E-state index in [9.17, 15) is 19.3 Å². The fourth-order valence-corrected chi connectivity index (χ4v) is 6.59. The lowest BCUT2D eigenvalue weighted by Crippen LogP contribution is -2.42. The molecule has 0 aromatic heterocycles. The fourth-order valence-electron chi connectivity index (χ4n) is 4.76. The van der Waals surface area contributed by atoms with Gasteiger partial charge in [-0.25, -0.2) is 14.2 Å². The number of aliphatic carboxylic acids is 1. The molecule has 42 heavy (non-hydrogen) atoms. The first kappa shape index (κ1) is 31.3. The van der Waals surface area contributed by atoms with Crippen LogP contribution >= 0.6 is 7.82 Å². The van der Waals surface area contributed by atoms with Gasteiger partial charge in [-0.05, 0) is 81.5 Å². The van der Waals surface area contributed by atoms with Crippen molar-refractivity contribution in [1.29, 1.82) is 0 Å². The van der Waals surface area contributed by atoms with Gasteiger partial charge in [0.05, 0.1) is 11.2 Å². The van der Waals surface area contributed by atoms with E-state index in [4.69, 9.17) is 18.3 Å². The van der Waals surface area contributed by atoms with Gasteiger partial charge in [0, 0.05) is 12.3 Å². The third kappa shape index (κ3) is 8.22. The highest BCUT2D eigenvalue weighted by atomic mass is 31.2. The number of carboxylic acid groups (broad SMARTS) is 1. The van der Waals surface area contributed by atoms with Gasteiger partial charge in [0.25, 0.3) is 0 Å². The number of ether oxygens (including phenoxy) is 1. The Morgan fingerprint density at radius 3 is 1.81 bits per heavy atom. The maximum atomic E-state index is 13.4. The number of rotatable bonds is 10. The molecule has 0 bridgehead atoms. The van der Waals surface area contributed by atoms with Crippen molar-refractivity contribution in [2.45, 2.75) is 71.1 Å². The summed E-state index contributed by atoms with van der Waals surface area (Å²) in [5.74, 6) is -1.11. The first-order valence-electron chi connectivity index (χ1n) is 13.8. The lowest BCUT2D eigenvalue weighted by Gasteiger charge is -2.30. The molecule has 3 aromatic rings. The summed E-state index contributed by atoms with van der Waals surface area (Å²) in [6.45, 7) is 10.5. The van der Waals surface area contributed by atoms with Crippen molar-refractivity contribution in [2.75, 3.05) is 6.61 Å². The number of alkyl carbamates (subject to hydrolysis) is 1. The molecule has 9 nitrogen and oxygen atoms in total. The van der Waals surface area contributed by atoms with E-state index in [1.165, 1.54) is 0 Å². The molecule has 0 fully saturated rings. The Hall–Kier alpha value is -3.65. The topological polar surface area (TPSA) is 120 Å². The molecule has 1 aliphatic rings. The van der Waals surface area contributed by atoms with Crippen molar-refractivity contribution in [1.82, 2.24) is 5.32 Å². The second kappa shape index (κ2) is 12.3. The van der Waals surface area contributed by atoms with Crippen LogP contribution in [-0.4, -0.2) is 41.0 Å². The molecular weight excluding hydrogens is 557 g/mol. The average Bonchev–Trinajstić information content (AvgIpc) is 3.19. The normalized spacial score (nSPS) is 14.0. The number of carbonyl (C=O) groups excluding carboxylic acids is 1. The molecule has 4 rings (SSSR count). The molecule has 0 unspecified atom stereocenters. The number of hydrogen-bond donors (Lipinski definition) is 2. The number of nitrogens with one attached hydrogen (secondary N) is 1. The number of carbonyl (C=O) groups is 2. The van der Waals surface area contributed by atoms with Gasteiger partial charge in [-0.3, -0.25) is 9.05 Å². The van der Waals surface area contributed by atoms with Crippen molar-refractivity contribution < 1.29 is 37.6 Å². The Morgan fingerprint density at radius 1 is 0.833 bits per heavy atom. The molecule has 1 atom stereocenters. The van der Waals surface area contributed by atoms with E-state index >= 15 is 0 Å². The van der Waals surface area contributed by atoms with Crippen molar-refractivity contribution in [3.8, 4) is 16.9 Å². The Balaban J connectivity index is 1.38. The molecule has 0 saturated heterocycles. The Morgan fingerprint density at radius 2 is 1.33 bits per heavy atom. The summed E-state index contributed by atoms with van der Waals surface area (Å²) < 4.78 is 35.8. The molecule has 0 radical (unpaired) electrons. The highest BCUT2D eigenvalue weighted by Gasteiger charge is 2.38. The third-order valence-electron chi connectivity index (χ3n) is 6.29. The van der Waals surface area contributed by atoms with E-state index in [1.54, 1.807) is 65.8 Å². The van der Waals surface area contributed by atoms with Gasteiger partial charge in [0.2, 0.25) is 0 Å². The van der Waals surface area contributed by atoms with Crippen molar-refractivity contribution in [3.05, 3.63) is 89.5 Å². The van der Waals surface area contributed by atoms with Crippen LogP contribution in [0.1, 0.15) is 64.2 Å². The van der Waals surface area contributed by atoms with Crippen molar-refractivity contribution >= 4 is 19.9 Å². The van der Waals surface area contributed by atoms with Crippen LogP contribution in [0.2, 0.25) is 0 Å². The van der Waals surface area contributed by atoms with Crippen molar-refractivity contribution in [2.24, 2.45) is 0 Å². The monoisotopic (exact) mass is 595 g/mol. The molecule has 10 heteroatoms. The first-order chi connectivity index (χ1) is 19.6. The molecule has 2 N–H and O–H groups in total. The van der Waals surface area contributed by atoms with Gasteiger partial charge in [0.15, 0.2) is 0 Å². The molecule has 224 valence electrons. The second-order valence-electron chi connectivity index (χ2n) is 12.2. The third-order valence-corrected chi connectivity index (χ3v) is 8.26. The number of carboxylic acids is 1. The van der Waals surface area contributed by atoms with Gasteiger partial charge in [-0.2, -0.15) is 0 Å². The predicted molar refractivity (Wildman–Crippen MR) is 160 cm³/mol. The summed E-state index contributed by atoms with van der Waals surface area (Å²) >= 11 is 0. The summed E-state index contributed by atoms with van der Waals surface area (Å²) in [6, 6.07) is 21.1. The van der Waals surface area contributed by atoms with E-state index in [0.29, 0.717) is 5.56 Å². The van der Waals surface area contributed by atoms with E-state index in [1.807, 2.05) is 48.5 Å². The van der Waals surface area contributed by atoms with Gasteiger partial charge < -0.3 is 19.7 Å². The minimum Gasteiger partial charge on any atom is -0.480 e. The molecule has 0 aliphatic heterocycles. The van der Waals surface area contributed by atoms with Crippen LogP contribution < -0.4 is 9.84 Å². The summed E-state index contributed by atoms with van der Waals surface area (Å²) in [6.07, 6.45) is -0.821. The standard InChI is InChI=1S/C32H38NO8P/c1-31(2,3)40-42(37,41-32(4,5)6)39-22-17-15-21(16-18-22)19-28(29(34)35)33-30(36)38-20-27-25-13-9-7-11-23(25)24-12-8-10-14-26(24)27/h7-18,27-28H,19-20H2,1-6H3,(H,33,36)(H,34,35)/t28-/m0/s1. The van der Waals surface area contributed by atoms with Crippen LogP contribution in [0.15, 0.2) is 72.8 Å². The number of benzene rings is 3. The molecule has 0 saturated carbocycles. The SMILES string of the molecule is CC(C)(C)OP(=O)(Oc1ccc(C[C@H](NC(=O)OCC2c3ccccc3-c3ccccc32)C(=O)O)cc1)OC(C)(C)C. The Kier molecular flexibility index (Phi) is 9.16. The van der Waals surface area contributed by atoms with Crippen LogP contribution in [-0.2, 0) is 29.6 Å². The van der Waals surface area contributed by atoms with Gasteiger partial charge in [-0.15, -0.1) is 0 Å². The van der Waals surface area contributed by atoms with Gasteiger partial charge >= 0.3 is 19.9 Å². The van der Waals surface area contributed by atoms with Crippen molar-refractivity contribution in [3.63, 3.8) is 0 Å². The molecular formula is C32H38NO8P. The zero-order valence-electron chi connectivity index (χ0n) is 24.7. The first-order valence-corrected chi connectivity index (χ1v) is 15.2. The smallest absolute Gasteiger partial charge is 0.480 e. The minimum absolute atomic E-state index is 0.00550. The fraction of sp³-hybridized carbons (Fsp3) is 0.375. The Bertz CT molecular complexity index is 1410. The summed E-state index contributed by atoms with van der Waals surface area (Å²) in [7, 11) is -3.99. The minimum atomic E-state index is -3.99. The number of amides is 1. The van der Waals surface area contributed by atoms with Crippen LogP contribution in [0.3, 0.4) is 0 Å². The highest BCUT2D eigenvalue weighted by molar-refractivity contribution is 7.49. The summed E-state index contributed by atoms with van der Waals surface area (Å²) in [5.41, 5.74) is 3.36. The van der Waals surface area contributed by atoms with Crippen LogP contribution in [0, 0.1) is 0 Å². The van der Waals surface area contributed by atoms with Gasteiger partial charge in [-0.1, -0.05) is 60.7 Å². The average molecular weight is 596 g/mol. The zero-order valence-corrected chi connectivity index (χ0v) is 25.6. The predicted octanol–water partition coefficient (Wildman–Crippen LogP) is 7.34. The quantitative estimate of drug-likeness (QED) is 0.234. The largest absolute Gasteiger partial charge is 0.531 e. The number of fused-ring (bicyclic) bond motifs is 3. The molecule has 0 heterocycles. The lowest BCUT2D eigenvalue weighted by molar-refractivity contribution is -0.139. The van der Waals surface area contributed by atoms with E-state index in [2.05, 4.69) is 5.32 Å². The highest BCUT2D eigenvalue weighted by Crippen LogP contribution is 2.55. The number of hydrogen-bond acceptors (Lipinski definition) is 7. The van der Waals surface area contributed by atoms with E-state index in [0.717, 1.165) is 22.3 Å². The molecule has 0 spiro atoms. The van der Waals surface area contributed by atoms with E-state index < -0.39 is 37.1 Å². The van der Waals surface area contributed by atoms with Gasteiger partial charge in [0.1, 0.15) is 18.4 Å². The zero-order chi connectivity index (χ0) is 30.7.